The van der Waals surface area contributed by atoms with Gasteiger partial charge in [0.15, 0.2) is 0 Å². The summed E-state index contributed by atoms with van der Waals surface area (Å²) in [5.74, 6) is 0.133. The Morgan fingerprint density at radius 3 is 2.86 bits per heavy atom. The van der Waals surface area contributed by atoms with E-state index in [0.29, 0.717) is 13.0 Å². The van der Waals surface area contributed by atoms with Crippen LogP contribution in [-0.4, -0.2) is 43.6 Å². The molecule has 2 aliphatic rings. The van der Waals surface area contributed by atoms with Gasteiger partial charge in [-0.15, -0.1) is 12.4 Å². The standard InChI is InChI=1S/C17H24N2O2.ClH/c20-17(7-11-19-9-3-4-10-19)18-13-16-15-6-2-1-5-14(15)8-12-21-16;/h1-2,5-6,16H,3-4,7-13H2,(H,18,20);1H. The second kappa shape index (κ2) is 8.51. The van der Waals surface area contributed by atoms with E-state index in [1.807, 2.05) is 6.07 Å². The average molecular weight is 325 g/mol. The predicted molar refractivity (Wildman–Crippen MR) is 89.4 cm³/mol. The van der Waals surface area contributed by atoms with Crippen LogP contribution in [0.25, 0.3) is 0 Å². The van der Waals surface area contributed by atoms with Gasteiger partial charge in [0, 0.05) is 19.5 Å². The van der Waals surface area contributed by atoms with Gasteiger partial charge in [-0.3, -0.25) is 4.79 Å². The van der Waals surface area contributed by atoms with E-state index in [4.69, 9.17) is 4.74 Å². The van der Waals surface area contributed by atoms with Crippen molar-refractivity contribution in [3.63, 3.8) is 0 Å². The topological polar surface area (TPSA) is 41.6 Å². The number of nitrogens with zero attached hydrogens (tertiary/aromatic N) is 1. The first-order valence-corrected chi connectivity index (χ1v) is 8.01. The third-order valence-corrected chi connectivity index (χ3v) is 4.43. The fraction of sp³-hybridized carbons (Fsp3) is 0.588. The smallest absolute Gasteiger partial charge is 0.221 e. The van der Waals surface area contributed by atoms with Crippen LogP contribution in [0.5, 0.6) is 0 Å². The van der Waals surface area contributed by atoms with Crippen LogP contribution in [0.2, 0.25) is 0 Å². The van der Waals surface area contributed by atoms with E-state index in [0.717, 1.165) is 32.7 Å². The number of benzene rings is 1. The van der Waals surface area contributed by atoms with Crippen molar-refractivity contribution in [2.45, 2.75) is 31.8 Å². The Balaban J connectivity index is 0.00000176. The maximum absolute atomic E-state index is 12.0. The predicted octanol–water partition coefficient (Wildman–Crippen LogP) is 2.32. The SMILES string of the molecule is Cl.O=C(CCN1CCCC1)NCC1OCCc2ccccc21. The van der Waals surface area contributed by atoms with Gasteiger partial charge in [-0.1, -0.05) is 24.3 Å². The number of likely N-dealkylation sites (tertiary alicyclic amines) is 1. The summed E-state index contributed by atoms with van der Waals surface area (Å²) in [6.07, 6.45) is 4.11. The highest BCUT2D eigenvalue weighted by Crippen LogP contribution is 2.26. The van der Waals surface area contributed by atoms with Crippen molar-refractivity contribution in [3.8, 4) is 0 Å². The number of ether oxygens (including phenoxy) is 1. The Morgan fingerprint density at radius 1 is 1.27 bits per heavy atom. The molecule has 5 heteroatoms. The summed E-state index contributed by atoms with van der Waals surface area (Å²) < 4.78 is 5.81. The third-order valence-electron chi connectivity index (χ3n) is 4.43. The maximum Gasteiger partial charge on any atom is 0.221 e. The molecule has 1 amide bonds. The fourth-order valence-electron chi connectivity index (χ4n) is 3.21. The Labute approximate surface area is 138 Å². The molecule has 22 heavy (non-hydrogen) atoms. The molecule has 1 aromatic rings. The van der Waals surface area contributed by atoms with Gasteiger partial charge in [-0.05, 0) is 43.5 Å². The summed E-state index contributed by atoms with van der Waals surface area (Å²) in [7, 11) is 0. The third kappa shape index (κ3) is 4.45. The van der Waals surface area contributed by atoms with Crippen molar-refractivity contribution in [2.24, 2.45) is 0 Å². The number of hydrogen-bond acceptors (Lipinski definition) is 3. The second-order valence-electron chi connectivity index (χ2n) is 5.91. The molecule has 2 heterocycles. The van der Waals surface area contributed by atoms with E-state index in [2.05, 4.69) is 28.4 Å². The number of hydrogen-bond donors (Lipinski definition) is 1. The van der Waals surface area contributed by atoms with E-state index in [1.165, 1.54) is 24.0 Å². The van der Waals surface area contributed by atoms with Crippen molar-refractivity contribution in [3.05, 3.63) is 35.4 Å². The molecule has 0 aromatic heterocycles. The Morgan fingerprint density at radius 2 is 2.05 bits per heavy atom. The summed E-state index contributed by atoms with van der Waals surface area (Å²) >= 11 is 0. The first-order valence-electron chi connectivity index (χ1n) is 8.01. The summed E-state index contributed by atoms with van der Waals surface area (Å²) in [6, 6.07) is 8.36. The van der Waals surface area contributed by atoms with E-state index in [1.54, 1.807) is 0 Å². The molecular formula is C17H25ClN2O2. The number of rotatable bonds is 5. The number of carbonyl (C=O) groups is 1. The van der Waals surface area contributed by atoms with Crippen molar-refractivity contribution < 1.29 is 9.53 Å². The molecule has 1 saturated heterocycles. The Hall–Kier alpha value is -1.10. The van der Waals surface area contributed by atoms with Gasteiger partial charge >= 0.3 is 0 Å². The first-order chi connectivity index (χ1) is 10.3. The monoisotopic (exact) mass is 324 g/mol. The largest absolute Gasteiger partial charge is 0.371 e. The van der Waals surface area contributed by atoms with Gasteiger partial charge in [0.1, 0.15) is 6.10 Å². The fourth-order valence-corrected chi connectivity index (χ4v) is 3.21. The van der Waals surface area contributed by atoms with Crippen LogP contribution in [0, 0.1) is 0 Å². The highest BCUT2D eigenvalue weighted by Gasteiger charge is 2.21. The molecule has 1 atom stereocenters. The Bertz CT molecular complexity index is 489. The average Bonchev–Trinajstić information content (AvgIpc) is 3.04. The van der Waals surface area contributed by atoms with E-state index >= 15 is 0 Å². The molecule has 1 N–H and O–H groups in total. The molecule has 0 spiro atoms. The molecule has 4 nitrogen and oxygen atoms in total. The molecule has 1 unspecified atom stereocenters. The van der Waals surface area contributed by atoms with Crippen LogP contribution in [0.15, 0.2) is 24.3 Å². The van der Waals surface area contributed by atoms with Crippen molar-refractivity contribution >= 4 is 18.3 Å². The van der Waals surface area contributed by atoms with Gasteiger partial charge in [-0.25, -0.2) is 0 Å². The lowest BCUT2D eigenvalue weighted by Crippen LogP contribution is -2.34. The van der Waals surface area contributed by atoms with Crippen LogP contribution in [0.4, 0.5) is 0 Å². The minimum Gasteiger partial charge on any atom is -0.371 e. The lowest BCUT2D eigenvalue weighted by atomic mass is 9.97. The number of nitrogens with one attached hydrogen (secondary N) is 1. The Kier molecular flexibility index (Phi) is 6.68. The molecule has 0 radical (unpaired) electrons. The summed E-state index contributed by atoms with van der Waals surface area (Å²) in [5.41, 5.74) is 2.57. The molecule has 1 fully saturated rings. The highest BCUT2D eigenvalue weighted by molar-refractivity contribution is 5.85. The molecule has 0 bridgehead atoms. The maximum atomic E-state index is 12.0. The molecule has 0 saturated carbocycles. The van der Waals surface area contributed by atoms with Gasteiger partial charge in [-0.2, -0.15) is 0 Å². The summed E-state index contributed by atoms with van der Waals surface area (Å²) in [4.78, 5) is 14.3. The van der Waals surface area contributed by atoms with Crippen LogP contribution < -0.4 is 5.32 Å². The summed E-state index contributed by atoms with van der Waals surface area (Å²) in [5, 5.41) is 3.03. The normalized spacial score (nSPS) is 21.0. The molecule has 2 aliphatic heterocycles. The number of amides is 1. The van der Waals surface area contributed by atoms with Gasteiger partial charge in [0.2, 0.25) is 5.91 Å². The first kappa shape index (κ1) is 17.3. The molecular weight excluding hydrogens is 300 g/mol. The van der Waals surface area contributed by atoms with Crippen LogP contribution in [-0.2, 0) is 16.0 Å². The van der Waals surface area contributed by atoms with Crippen molar-refractivity contribution in [2.75, 3.05) is 32.8 Å². The number of halogens is 1. The van der Waals surface area contributed by atoms with Gasteiger partial charge in [0.05, 0.1) is 6.61 Å². The molecule has 1 aromatic carbocycles. The molecule has 3 rings (SSSR count). The van der Waals surface area contributed by atoms with E-state index in [-0.39, 0.29) is 24.4 Å². The molecule has 0 aliphatic carbocycles. The zero-order valence-corrected chi connectivity index (χ0v) is 13.7. The van der Waals surface area contributed by atoms with Crippen LogP contribution in [0.3, 0.4) is 0 Å². The minimum absolute atomic E-state index is 0. The van der Waals surface area contributed by atoms with Crippen LogP contribution in [0.1, 0.15) is 36.5 Å². The highest BCUT2D eigenvalue weighted by atomic mass is 35.5. The number of carbonyl (C=O) groups excluding carboxylic acids is 1. The van der Waals surface area contributed by atoms with Gasteiger partial charge in [0.25, 0.3) is 0 Å². The minimum atomic E-state index is 0. The zero-order valence-electron chi connectivity index (χ0n) is 12.9. The van der Waals surface area contributed by atoms with Crippen molar-refractivity contribution in [1.82, 2.24) is 10.2 Å². The van der Waals surface area contributed by atoms with Crippen LogP contribution >= 0.6 is 12.4 Å². The molecule has 122 valence electrons. The van der Waals surface area contributed by atoms with E-state index in [9.17, 15) is 4.79 Å². The number of fused-ring (bicyclic) bond motifs is 1. The summed E-state index contributed by atoms with van der Waals surface area (Å²) in [6.45, 7) is 4.49. The van der Waals surface area contributed by atoms with Crippen molar-refractivity contribution in [1.29, 1.82) is 0 Å². The second-order valence-corrected chi connectivity index (χ2v) is 5.91. The quantitative estimate of drug-likeness (QED) is 0.904. The zero-order chi connectivity index (χ0) is 14.5. The lowest BCUT2D eigenvalue weighted by Gasteiger charge is -2.26. The van der Waals surface area contributed by atoms with E-state index < -0.39 is 0 Å². The van der Waals surface area contributed by atoms with Gasteiger partial charge < -0.3 is 15.0 Å². The lowest BCUT2D eigenvalue weighted by molar-refractivity contribution is -0.122.